The van der Waals surface area contributed by atoms with Crippen LogP contribution in [0.3, 0.4) is 0 Å². The van der Waals surface area contributed by atoms with Crippen molar-refractivity contribution < 1.29 is 19.1 Å². The summed E-state index contributed by atoms with van der Waals surface area (Å²) < 4.78 is 11.6. The largest absolute Gasteiger partial charge is 0.487 e. The summed E-state index contributed by atoms with van der Waals surface area (Å²) in [6.07, 6.45) is 0. The average Bonchev–Trinajstić information content (AvgIpc) is 3.06. The Labute approximate surface area is 157 Å². The van der Waals surface area contributed by atoms with Crippen molar-refractivity contribution in [3.8, 4) is 17.2 Å². The quantitative estimate of drug-likeness (QED) is 0.628. The molecule has 0 aliphatic heterocycles. The first-order valence-corrected chi connectivity index (χ1v) is 8.72. The second kappa shape index (κ2) is 8.51. The summed E-state index contributed by atoms with van der Waals surface area (Å²) in [6, 6.07) is 17.2. The van der Waals surface area contributed by atoms with Crippen molar-refractivity contribution in [1.29, 1.82) is 0 Å². The van der Waals surface area contributed by atoms with E-state index in [0.717, 1.165) is 22.6 Å². The van der Waals surface area contributed by atoms with Gasteiger partial charge < -0.3 is 19.6 Å². The number of aromatic nitrogens is 1. The third-order valence-corrected chi connectivity index (χ3v) is 4.23. The molecule has 6 heteroatoms. The Hall–Kier alpha value is -3.12. The lowest BCUT2D eigenvalue weighted by atomic mass is 10.1. The van der Waals surface area contributed by atoms with E-state index in [1.54, 1.807) is 0 Å². The number of nitrogens with one attached hydrogen (secondary N) is 1. The molecule has 0 unspecified atom stereocenters. The number of carboxylic acid groups (broad SMARTS) is 1. The Balaban J connectivity index is 1.60. The number of rotatable bonds is 8. The Morgan fingerprint density at radius 3 is 2.56 bits per heavy atom. The van der Waals surface area contributed by atoms with E-state index in [2.05, 4.69) is 10.3 Å². The molecular formula is C21H22N2O4. The molecule has 140 valence electrons. The fraction of sp³-hybridized carbons (Fsp3) is 0.238. The van der Waals surface area contributed by atoms with Gasteiger partial charge in [-0.15, -0.1) is 0 Å². The second-order valence-electron chi connectivity index (χ2n) is 6.24. The van der Waals surface area contributed by atoms with Crippen molar-refractivity contribution in [3.05, 3.63) is 71.6 Å². The Kier molecular flexibility index (Phi) is 5.88. The highest BCUT2D eigenvalue weighted by Crippen LogP contribution is 2.23. The SMILES string of the molecule is Cc1oc(-c2ccccc2)nc1COc1ccc([C@@H](C)NCC(=O)O)cc1. The number of hydrogen-bond donors (Lipinski definition) is 2. The lowest BCUT2D eigenvalue weighted by molar-refractivity contribution is -0.136. The molecule has 0 aliphatic carbocycles. The zero-order valence-corrected chi connectivity index (χ0v) is 15.3. The molecule has 2 N–H and O–H groups in total. The minimum Gasteiger partial charge on any atom is -0.487 e. The number of hydrogen-bond acceptors (Lipinski definition) is 5. The minimum absolute atomic E-state index is 0.0543. The molecule has 6 nitrogen and oxygen atoms in total. The maximum atomic E-state index is 10.6. The van der Waals surface area contributed by atoms with Gasteiger partial charge in [-0.05, 0) is 43.7 Å². The molecule has 0 spiro atoms. The van der Waals surface area contributed by atoms with E-state index in [-0.39, 0.29) is 12.6 Å². The highest BCUT2D eigenvalue weighted by molar-refractivity contribution is 5.69. The molecule has 0 amide bonds. The molecule has 0 aliphatic rings. The summed E-state index contributed by atoms with van der Waals surface area (Å²) >= 11 is 0. The standard InChI is InChI=1S/C21H22N2O4/c1-14(22-12-20(24)25)16-8-10-18(11-9-16)26-13-19-15(2)27-21(23-19)17-6-4-3-5-7-17/h3-11,14,22H,12-13H2,1-2H3,(H,24,25)/t14-/m1/s1. The van der Waals surface area contributed by atoms with Crippen LogP contribution in [-0.4, -0.2) is 22.6 Å². The van der Waals surface area contributed by atoms with Gasteiger partial charge in [-0.3, -0.25) is 4.79 Å². The van der Waals surface area contributed by atoms with Gasteiger partial charge in [0.15, 0.2) is 0 Å². The van der Waals surface area contributed by atoms with Gasteiger partial charge in [0.1, 0.15) is 23.8 Å². The number of ether oxygens (including phenoxy) is 1. The highest BCUT2D eigenvalue weighted by Gasteiger charge is 2.12. The van der Waals surface area contributed by atoms with Crippen LogP contribution in [0.2, 0.25) is 0 Å². The highest BCUT2D eigenvalue weighted by atomic mass is 16.5. The molecule has 3 rings (SSSR count). The summed E-state index contributed by atoms with van der Waals surface area (Å²) in [5, 5.41) is 11.7. The maximum absolute atomic E-state index is 10.6. The van der Waals surface area contributed by atoms with Crippen LogP contribution < -0.4 is 10.1 Å². The Morgan fingerprint density at radius 1 is 1.19 bits per heavy atom. The average molecular weight is 366 g/mol. The monoisotopic (exact) mass is 366 g/mol. The lowest BCUT2D eigenvalue weighted by Crippen LogP contribution is -2.25. The number of nitrogens with zero attached hydrogens (tertiary/aromatic N) is 1. The molecule has 0 bridgehead atoms. The maximum Gasteiger partial charge on any atom is 0.317 e. The first-order valence-electron chi connectivity index (χ1n) is 8.72. The van der Waals surface area contributed by atoms with Crippen LogP contribution >= 0.6 is 0 Å². The molecule has 0 fully saturated rings. The lowest BCUT2D eigenvalue weighted by Gasteiger charge is -2.13. The third kappa shape index (κ3) is 4.95. The number of aryl methyl sites for hydroxylation is 1. The Morgan fingerprint density at radius 2 is 1.89 bits per heavy atom. The molecule has 0 saturated carbocycles. The van der Waals surface area contributed by atoms with Gasteiger partial charge in [-0.1, -0.05) is 30.3 Å². The van der Waals surface area contributed by atoms with E-state index in [9.17, 15) is 4.79 Å². The normalized spacial score (nSPS) is 11.9. The van der Waals surface area contributed by atoms with Crippen LogP contribution in [0.15, 0.2) is 59.0 Å². The van der Waals surface area contributed by atoms with Crippen molar-refractivity contribution in [2.24, 2.45) is 0 Å². The van der Waals surface area contributed by atoms with Gasteiger partial charge in [0.2, 0.25) is 5.89 Å². The van der Waals surface area contributed by atoms with Crippen LogP contribution in [-0.2, 0) is 11.4 Å². The summed E-state index contributed by atoms with van der Waals surface area (Å²) in [5.74, 6) is 1.16. The second-order valence-corrected chi connectivity index (χ2v) is 6.24. The van der Waals surface area contributed by atoms with Gasteiger partial charge in [0, 0.05) is 11.6 Å². The molecule has 3 aromatic rings. The van der Waals surface area contributed by atoms with Crippen molar-refractivity contribution in [2.45, 2.75) is 26.5 Å². The van der Waals surface area contributed by atoms with Gasteiger partial charge in [0.25, 0.3) is 0 Å². The van der Waals surface area contributed by atoms with E-state index in [1.807, 2.05) is 68.4 Å². The molecular weight excluding hydrogens is 344 g/mol. The number of oxazole rings is 1. The zero-order valence-electron chi connectivity index (χ0n) is 15.3. The minimum atomic E-state index is -0.875. The summed E-state index contributed by atoms with van der Waals surface area (Å²) in [5.41, 5.74) is 2.68. The number of carbonyl (C=O) groups is 1. The van der Waals surface area contributed by atoms with Gasteiger partial charge in [0.05, 0.1) is 6.54 Å². The molecule has 1 aromatic heterocycles. The van der Waals surface area contributed by atoms with Gasteiger partial charge in [-0.2, -0.15) is 0 Å². The van der Waals surface area contributed by atoms with Crippen molar-refractivity contribution in [3.63, 3.8) is 0 Å². The van der Waals surface area contributed by atoms with Crippen LogP contribution in [0.1, 0.15) is 30.0 Å². The molecule has 1 atom stereocenters. The third-order valence-electron chi connectivity index (χ3n) is 4.23. The molecule has 1 heterocycles. The first kappa shape index (κ1) is 18.7. The van der Waals surface area contributed by atoms with E-state index < -0.39 is 5.97 Å². The van der Waals surface area contributed by atoms with E-state index >= 15 is 0 Å². The molecule has 27 heavy (non-hydrogen) atoms. The fourth-order valence-corrected chi connectivity index (χ4v) is 2.63. The predicted octanol–water partition coefficient (Wildman–Crippen LogP) is 3.96. The van der Waals surface area contributed by atoms with Crippen LogP contribution in [0.5, 0.6) is 5.75 Å². The van der Waals surface area contributed by atoms with Crippen molar-refractivity contribution >= 4 is 5.97 Å². The summed E-state index contributed by atoms with van der Waals surface area (Å²) in [7, 11) is 0. The number of aliphatic carboxylic acids is 1. The van der Waals surface area contributed by atoms with Crippen LogP contribution in [0.25, 0.3) is 11.5 Å². The smallest absolute Gasteiger partial charge is 0.317 e. The summed E-state index contributed by atoms with van der Waals surface area (Å²) in [4.78, 5) is 15.2. The fourth-order valence-electron chi connectivity index (χ4n) is 2.63. The zero-order chi connectivity index (χ0) is 19.2. The predicted molar refractivity (Wildman–Crippen MR) is 102 cm³/mol. The molecule has 2 aromatic carbocycles. The van der Waals surface area contributed by atoms with Crippen molar-refractivity contribution in [2.75, 3.05) is 6.54 Å². The van der Waals surface area contributed by atoms with Gasteiger partial charge in [-0.25, -0.2) is 4.98 Å². The molecule has 0 radical (unpaired) electrons. The Bertz CT molecular complexity index is 888. The van der Waals surface area contributed by atoms with Crippen LogP contribution in [0, 0.1) is 6.92 Å². The van der Waals surface area contributed by atoms with Crippen LogP contribution in [0.4, 0.5) is 0 Å². The number of benzene rings is 2. The van der Waals surface area contributed by atoms with E-state index in [0.29, 0.717) is 18.2 Å². The van der Waals surface area contributed by atoms with Gasteiger partial charge >= 0.3 is 5.97 Å². The topological polar surface area (TPSA) is 84.6 Å². The van der Waals surface area contributed by atoms with Crippen molar-refractivity contribution in [1.82, 2.24) is 10.3 Å². The molecule has 0 saturated heterocycles. The summed E-state index contributed by atoms with van der Waals surface area (Å²) in [6.45, 7) is 4.03. The first-order chi connectivity index (χ1) is 13.0. The number of carboxylic acids is 1. The van der Waals surface area contributed by atoms with E-state index in [1.165, 1.54) is 0 Å². The van der Waals surface area contributed by atoms with E-state index in [4.69, 9.17) is 14.3 Å².